The molecule has 2 rings (SSSR count). The second-order valence-electron chi connectivity index (χ2n) is 5.88. The molecule has 2 heteroatoms. The van der Waals surface area contributed by atoms with Crippen molar-refractivity contribution in [3.63, 3.8) is 0 Å². The van der Waals surface area contributed by atoms with Gasteiger partial charge in [0.2, 0.25) is 0 Å². The smallest absolute Gasteiger partial charge is 0.0560 e. The summed E-state index contributed by atoms with van der Waals surface area (Å²) < 4.78 is 0. The first-order valence-electron chi connectivity index (χ1n) is 6.46. The number of aliphatic hydroxyl groups excluding tert-OH is 1. The topological polar surface area (TPSA) is 23.5 Å². The molecule has 0 amide bonds. The van der Waals surface area contributed by atoms with Crippen molar-refractivity contribution in [2.75, 3.05) is 11.9 Å². The molecule has 1 aromatic carbocycles. The molecule has 1 N–H and O–H groups in total. The number of rotatable bonds is 2. The first-order valence-corrected chi connectivity index (χ1v) is 6.46. The lowest BCUT2D eigenvalue weighted by molar-refractivity contribution is 0.0609. The van der Waals surface area contributed by atoms with E-state index in [0.717, 1.165) is 19.3 Å². The summed E-state index contributed by atoms with van der Waals surface area (Å²) in [5, 5.41) is 9.88. The van der Waals surface area contributed by atoms with Crippen LogP contribution in [0.15, 0.2) is 30.3 Å². The Morgan fingerprint density at radius 2 is 1.88 bits per heavy atom. The lowest BCUT2D eigenvalue weighted by Crippen LogP contribution is -2.48. The third-order valence-electron chi connectivity index (χ3n) is 4.15. The fourth-order valence-corrected chi connectivity index (χ4v) is 2.93. The van der Waals surface area contributed by atoms with E-state index in [-0.39, 0.29) is 11.5 Å². The van der Waals surface area contributed by atoms with Crippen LogP contribution in [0.1, 0.15) is 33.1 Å². The van der Waals surface area contributed by atoms with Gasteiger partial charge in [-0.15, -0.1) is 0 Å². The monoisotopic (exact) mass is 233 g/mol. The number of para-hydroxylation sites is 1. The van der Waals surface area contributed by atoms with Crippen molar-refractivity contribution in [1.82, 2.24) is 0 Å². The van der Waals surface area contributed by atoms with E-state index in [1.54, 1.807) is 0 Å². The molecule has 1 fully saturated rings. The van der Waals surface area contributed by atoms with Crippen LogP contribution in [0, 0.1) is 5.41 Å². The van der Waals surface area contributed by atoms with E-state index >= 15 is 0 Å². The van der Waals surface area contributed by atoms with Crippen LogP contribution in [0.4, 0.5) is 5.69 Å². The highest BCUT2D eigenvalue weighted by Gasteiger charge is 2.38. The average Bonchev–Trinajstić information content (AvgIpc) is 2.33. The molecule has 94 valence electrons. The van der Waals surface area contributed by atoms with E-state index in [2.05, 4.69) is 50.1 Å². The molecular weight excluding hydrogens is 210 g/mol. The second kappa shape index (κ2) is 4.69. The Morgan fingerprint density at radius 3 is 2.53 bits per heavy atom. The summed E-state index contributed by atoms with van der Waals surface area (Å²) in [6, 6.07) is 10.9. The van der Waals surface area contributed by atoms with Gasteiger partial charge in [0.05, 0.1) is 6.10 Å². The molecule has 0 aromatic heterocycles. The first-order chi connectivity index (χ1) is 8.00. The van der Waals surface area contributed by atoms with Crippen LogP contribution in [0.25, 0.3) is 0 Å². The molecule has 0 radical (unpaired) electrons. The van der Waals surface area contributed by atoms with Gasteiger partial charge >= 0.3 is 0 Å². The molecule has 0 aliphatic heterocycles. The molecule has 2 unspecified atom stereocenters. The summed E-state index contributed by atoms with van der Waals surface area (Å²) >= 11 is 0. The number of hydrogen-bond acceptors (Lipinski definition) is 2. The zero-order valence-corrected chi connectivity index (χ0v) is 11.1. The summed E-state index contributed by atoms with van der Waals surface area (Å²) in [5.74, 6) is 0. The molecule has 1 aliphatic rings. The van der Waals surface area contributed by atoms with E-state index in [1.165, 1.54) is 5.69 Å². The van der Waals surface area contributed by atoms with E-state index in [9.17, 15) is 5.11 Å². The zero-order chi connectivity index (χ0) is 12.5. The van der Waals surface area contributed by atoms with Crippen LogP contribution in [0.2, 0.25) is 0 Å². The van der Waals surface area contributed by atoms with Crippen molar-refractivity contribution in [1.29, 1.82) is 0 Å². The van der Waals surface area contributed by atoms with Gasteiger partial charge in [0.1, 0.15) is 0 Å². The van der Waals surface area contributed by atoms with Crippen LogP contribution in [-0.4, -0.2) is 24.3 Å². The number of benzene rings is 1. The Hall–Kier alpha value is -1.02. The predicted molar refractivity (Wildman–Crippen MR) is 72.3 cm³/mol. The summed E-state index contributed by atoms with van der Waals surface area (Å²) in [6.45, 7) is 4.62. The predicted octanol–water partition coefficient (Wildman–Crippen LogP) is 3.06. The van der Waals surface area contributed by atoms with Gasteiger partial charge in [0, 0.05) is 18.8 Å². The molecule has 2 nitrogen and oxygen atoms in total. The summed E-state index contributed by atoms with van der Waals surface area (Å²) in [6.07, 6.45) is 2.76. The van der Waals surface area contributed by atoms with E-state index in [1.807, 2.05) is 6.07 Å². The fourth-order valence-electron chi connectivity index (χ4n) is 2.93. The van der Waals surface area contributed by atoms with Gasteiger partial charge in [-0.3, -0.25) is 0 Å². The highest BCUT2D eigenvalue weighted by atomic mass is 16.3. The fraction of sp³-hybridized carbons (Fsp3) is 0.600. The van der Waals surface area contributed by atoms with E-state index in [4.69, 9.17) is 0 Å². The Kier molecular flexibility index (Phi) is 3.43. The summed E-state index contributed by atoms with van der Waals surface area (Å²) in [4.78, 5) is 2.32. The van der Waals surface area contributed by atoms with E-state index < -0.39 is 0 Å². The molecule has 0 bridgehead atoms. The molecule has 0 spiro atoms. The van der Waals surface area contributed by atoms with Gasteiger partial charge in [0.25, 0.3) is 0 Å². The minimum absolute atomic E-state index is 0.140. The van der Waals surface area contributed by atoms with Crippen LogP contribution in [0.3, 0.4) is 0 Å². The highest BCUT2D eigenvalue weighted by Crippen LogP contribution is 2.39. The number of hydrogen-bond donors (Lipinski definition) is 1. The third-order valence-corrected chi connectivity index (χ3v) is 4.15. The minimum atomic E-state index is -0.140. The number of anilines is 1. The van der Waals surface area contributed by atoms with Crippen molar-refractivity contribution in [2.24, 2.45) is 5.41 Å². The second-order valence-corrected chi connectivity index (χ2v) is 5.88. The van der Waals surface area contributed by atoms with Crippen molar-refractivity contribution in [2.45, 2.75) is 45.3 Å². The Labute approximate surface area is 104 Å². The zero-order valence-electron chi connectivity index (χ0n) is 11.1. The maximum Gasteiger partial charge on any atom is 0.0560 e. The van der Waals surface area contributed by atoms with Crippen LogP contribution in [0.5, 0.6) is 0 Å². The molecule has 1 aliphatic carbocycles. The van der Waals surface area contributed by atoms with Gasteiger partial charge in [-0.25, -0.2) is 0 Å². The average molecular weight is 233 g/mol. The number of nitrogens with zero attached hydrogens (tertiary/aromatic N) is 1. The van der Waals surface area contributed by atoms with Gasteiger partial charge < -0.3 is 10.0 Å². The molecule has 0 heterocycles. The quantitative estimate of drug-likeness (QED) is 0.848. The first kappa shape index (κ1) is 12.4. The van der Waals surface area contributed by atoms with Crippen LogP contribution < -0.4 is 4.90 Å². The van der Waals surface area contributed by atoms with E-state index in [0.29, 0.717) is 6.04 Å². The molecular formula is C15H23NO. The SMILES string of the molecule is CN(c1ccccc1)C1CC(O)CCC1(C)C. The molecule has 17 heavy (non-hydrogen) atoms. The lowest BCUT2D eigenvalue weighted by Gasteiger charge is -2.46. The Bertz CT molecular complexity index is 360. The third kappa shape index (κ3) is 2.63. The largest absolute Gasteiger partial charge is 0.393 e. The minimum Gasteiger partial charge on any atom is -0.393 e. The van der Waals surface area contributed by atoms with Crippen LogP contribution in [-0.2, 0) is 0 Å². The Morgan fingerprint density at radius 1 is 1.24 bits per heavy atom. The molecule has 0 saturated heterocycles. The van der Waals surface area contributed by atoms with Crippen molar-refractivity contribution in [3.05, 3.63) is 30.3 Å². The number of aliphatic hydroxyl groups is 1. The lowest BCUT2D eigenvalue weighted by atomic mass is 9.71. The van der Waals surface area contributed by atoms with Crippen molar-refractivity contribution in [3.8, 4) is 0 Å². The summed E-state index contributed by atoms with van der Waals surface area (Å²) in [7, 11) is 2.14. The molecule has 2 atom stereocenters. The molecule has 1 saturated carbocycles. The van der Waals surface area contributed by atoms with Gasteiger partial charge in [0.15, 0.2) is 0 Å². The summed E-state index contributed by atoms with van der Waals surface area (Å²) in [5.41, 5.74) is 1.50. The standard InChI is InChI=1S/C15H23NO/c1-15(2)10-9-13(17)11-14(15)16(3)12-7-5-4-6-8-12/h4-8,13-14,17H,9-11H2,1-3H3. The highest BCUT2D eigenvalue weighted by molar-refractivity contribution is 5.46. The molecule has 1 aromatic rings. The maximum absolute atomic E-state index is 9.88. The van der Waals surface area contributed by atoms with Crippen LogP contribution >= 0.6 is 0 Å². The maximum atomic E-state index is 9.88. The van der Waals surface area contributed by atoms with Crippen molar-refractivity contribution < 1.29 is 5.11 Å². The van der Waals surface area contributed by atoms with Gasteiger partial charge in [-0.05, 0) is 36.8 Å². The van der Waals surface area contributed by atoms with Gasteiger partial charge in [-0.2, -0.15) is 0 Å². The Balaban J connectivity index is 2.20. The normalized spacial score (nSPS) is 27.8. The van der Waals surface area contributed by atoms with Crippen molar-refractivity contribution >= 4 is 5.69 Å². The van der Waals surface area contributed by atoms with Gasteiger partial charge in [-0.1, -0.05) is 32.0 Å².